The summed E-state index contributed by atoms with van der Waals surface area (Å²) in [5.41, 5.74) is 3.16. The van der Waals surface area contributed by atoms with E-state index in [2.05, 4.69) is 10.3 Å². The van der Waals surface area contributed by atoms with Gasteiger partial charge in [-0.1, -0.05) is 30.3 Å². The Hall–Kier alpha value is -1.43. The lowest BCUT2D eigenvalue weighted by Crippen LogP contribution is -2.28. The highest BCUT2D eigenvalue weighted by Gasteiger charge is 1.99. The summed E-state index contributed by atoms with van der Waals surface area (Å²) in [7, 11) is 0. The van der Waals surface area contributed by atoms with Gasteiger partial charge < -0.3 is 0 Å². The number of hydrogen-bond acceptors (Lipinski definition) is 4. The SMILES string of the molecule is NOCC(=O)NOCc1ccccc1. The molecule has 1 aromatic carbocycles. The zero-order valence-electron chi connectivity index (χ0n) is 7.60. The van der Waals surface area contributed by atoms with E-state index >= 15 is 0 Å². The Labute approximate surface area is 81.7 Å². The lowest BCUT2D eigenvalue weighted by molar-refractivity contribution is -0.139. The second kappa shape index (κ2) is 6.09. The molecule has 3 N–H and O–H groups in total. The van der Waals surface area contributed by atoms with Crippen LogP contribution in [0, 0.1) is 0 Å². The molecule has 5 nitrogen and oxygen atoms in total. The van der Waals surface area contributed by atoms with Gasteiger partial charge in [0.25, 0.3) is 5.91 Å². The van der Waals surface area contributed by atoms with Crippen molar-refractivity contribution in [2.75, 3.05) is 6.61 Å². The van der Waals surface area contributed by atoms with Crippen molar-refractivity contribution < 1.29 is 14.5 Å². The lowest BCUT2D eigenvalue weighted by Gasteiger charge is -2.04. The molecule has 0 atom stereocenters. The van der Waals surface area contributed by atoms with Gasteiger partial charge in [0.2, 0.25) is 0 Å². The maximum absolute atomic E-state index is 10.8. The van der Waals surface area contributed by atoms with E-state index in [1.165, 1.54) is 0 Å². The molecule has 1 rings (SSSR count). The van der Waals surface area contributed by atoms with Crippen molar-refractivity contribution in [2.45, 2.75) is 6.61 Å². The third kappa shape index (κ3) is 3.99. The highest BCUT2D eigenvalue weighted by molar-refractivity contribution is 5.75. The van der Waals surface area contributed by atoms with E-state index in [9.17, 15) is 4.79 Å². The van der Waals surface area contributed by atoms with Gasteiger partial charge in [-0.05, 0) is 5.56 Å². The summed E-state index contributed by atoms with van der Waals surface area (Å²) in [5.74, 6) is 4.28. The van der Waals surface area contributed by atoms with Gasteiger partial charge in [0.05, 0.1) is 6.61 Å². The monoisotopic (exact) mass is 196 g/mol. The Kier molecular flexibility index (Phi) is 4.63. The van der Waals surface area contributed by atoms with Gasteiger partial charge in [0.1, 0.15) is 6.61 Å². The second-order valence-corrected chi connectivity index (χ2v) is 2.61. The molecule has 1 amide bonds. The fourth-order valence-corrected chi connectivity index (χ4v) is 0.879. The minimum absolute atomic E-state index is 0.214. The van der Waals surface area contributed by atoms with Crippen molar-refractivity contribution in [3.63, 3.8) is 0 Å². The predicted molar refractivity (Wildman–Crippen MR) is 49.5 cm³/mol. The first-order valence-electron chi connectivity index (χ1n) is 4.09. The van der Waals surface area contributed by atoms with E-state index in [-0.39, 0.29) is 6.61 Å². The predicted octanol–water partition coefficient (Wildman–Crippen LogP) is 0.125. The van der Waals surface area contributed by atoms with Crippen LogP contribution in [0.1, 0.15) is 5.56 Å². The van der Waals surface area contributed by atoms with Crippen LogP contribution in [0.3, 0.4) is 0 Å². The molecule has 1 aromatic rings. The molecule has 0 bridgehead atoms. The Morgan fingerprint density at radius 1 is 1.36 bits per heavy atom. The molecule has 0 heterocycles. The molecule has 0 saturated carbocycles. The van der Waals surface area contributed by atoms with Crippen molar-refractivity contribution >= 4 is 5.91 Å². The van der Waals surface area contributed by atoms with Crippen molar-refractivity contribution in [3.05, 3.63) is 35.9 Å². The number of hydroxylamine groups is 1. The first-order valence-corrected chi connectivity index (χ1v) is 4.09. The first kappa shape index (κ1) is 10.6. The molecule has 0 radical (unpaired) electrons. The fraction of sp³-hybridized carbons (Fsp3) is 0.222. The van der Waals surface area contributed by atoms with Crippen LogP contribution < -0.4 is 11.4 Å². The summed E-state index contributed by atoms with van der Waals surface area (Å²) in [5, 5.41) is 0. The molecule has 0 aromatic heterocycles. The fourth-order valence-electron chi connectivity index (χ4n) is 0.879. The number of nitrogens with two attached hydrogens (primary N) is 1. The highest BCUT2D eigenvalue weighted by Crippen LogP contribution is 1.98. The number of carbonyl (C=O) groups excluding carboxylic acids is 1. The summed E-state index contributed by atoms with van der Waals surface area (Å²) < 4.78 is 0. The molecule has 0 aliphatic rings. The summed E-state index contributed by atoms with van der Waals surface area (Å²) in [6.07, 6.45) is 0. The molecule has 0 aliphatic heterocycles. The van der Waals surface area contributed by atoms with Gasteiger partial charge in [0.15, 0.2) is 0 Å². The Morgan fingerprint density at radius 2 is 2.07 bits per heavy atom. The van der Waals surface area contributed by atoms with Crippen LogP contribution in [0.15, 0.2) is 30.3 Å². The van der Waals surface area contributed by atoms with Gasteiger partial charge in [-0.15, -0.1) is 0 Å². The maximum atomic E-state index is 10.8. The van der Waals surface area contributed by atoms with Crippen LogP contribution >= 0.6 is 0 Å². The third-order valence-electron chi connectivity index (χ3n) is 1.48. The zero-order valence-corrected chi connectivity index (χ0v) is 7.60. The minimum atomic E-state index is -0.413. The average Bonchev–Trinajstić information content (AvgIpc) is 2.20. The highest BCUT2D eigenvalue weighted by atomic mass is 16.7. The maximum Gasteiger partial charge on any atom is 0.271 e. The van der Waals surface area contributed by atoms with Crippen LogP contribution in [0.25, 0.3) is 0 Å². The summed E-state index contributed by atoms with van der Waals surface area (Å²) >= 11 is 0. The average molecular weight is 196 g/mol. The normalized spacial score (nSPS) is 9.79. The zero-order chi connectivity index (χ0) is 10.2. The quantitative estimate of drug-likeness (QED) is 0.656. The van der Waals surface area contributed by atoms with Gasteiger partial charge in [-0.3, -0.25) is 14.5 Å². The molecule has 0 spiro atoms. The van der Waals surface area contributed by atoms with E-state index in [0.29, 0.717) is 6.61 Å². The molecule has 76 valence electrons. The summed E-state index contributed by atoms with van der Waals surface area (Å²) in [4.78, 5) is 19.8. The van der Waals surface area contributed by atoms with Crippen molar-refractivity contribution in [3.8, 4) is 0 Å². The lowest BCUT2D eigenvalue weighted by atomic mass is 10.2. The Bertz CT molecular complexity index is 277. The standard InChI is InChI=1S/C9H12N2O3/c10-13-7-9(12)11-14-6-8-4-2-1-3-5-8/h1-5H,6-7,10H2,(H,11,12). The molecular weight excluding hydrogens is 184 g/mol. The van der Waals surface area contributed by atoms with Gasteiger partial charge in [0, 0.05) is 0 Å². The number of rotatable bonds is 5. The van der Waals surface area contributed by atoms with E-state index < -0.39 is 5.91 Å². The topological polar surface area (TPSA) is 73.6 Å². The molecule has 5 heteroatoms. The summed E-state index contributed by atoms with van der Waals surface area (Å²) in [6.45, 7) is 0.103. The van der Waals surface area contributed by atoms with Crippen LogP contribution in [-0.4, -0.2) is 12.5 Å². The number of benzene rings is 1. The van der Waals surface area contributed by atoms with Crippen LogP contribution in [0.5, 0.6) is 0 Å². The van der Waals surface area contributed by atoms with E-state index in [0.717, 1.165) is 5.56 Å². The number of amides is 1. The van der Waals surface area contributed by atoms with Crippen molar-refractivity contribution in [1.29, 1.82) is 0 Å². The molecular formula is C9H12N2O3. The second-order valence-electron chi connectivity index (χ2n) is 2.61. The van der Waals surface area contributed by atoms with Gasteiger partial charge in [-0.25, -0.2) is 11.4 Å². The number of carbonyl (C=O) groups is 1. The third-order valence-corrected chi connectivity index (χ3v) is 1.48. The smallest absolute Gasteiger partial charge is 0.271 e. The van der Waals surface area contributed by atoms with E-state index in [1.54, 1.807) is 0 Å². The van der Waals surface area contributed by atoms with Crippen molar-refractivity contribution in [1.82, 2.24) is 5.48 Å². The molecule has 14 heavy (non-hydrogen) atoms. The minimum Gasteiger partial charge on any atom is -0.295 e. The number of hydrogen-bond donors (Lipinski definition) is 2. The van der Waals surface area contributed by atoms with E-state index in [4.69, 9.17) is 10.7 Å². The molecule has 0 saturated heterocycles. The Morgan fingerprint density at radius 3 is 2.71 bits per heavy atom. The molecule has 0 fully saturated rings. The largest absolute Gasteiger partial charge is 0.295 e. The van der Waals surface area contributed by atoms with E-state index in [1.807, 2.05) is 30.3 Å². The van der Waals surface area contributed by atoms with Crippen LogP contribution in [0.2, 0.25) is 0 Å². The Balaban J connectivity index is 2.19. The van der Waals surface area contributed by atoms with Crippen LogP contribution in [0.4, 0.5) is 0 Å². The van der Waals surface area contributed by atoms with Gasteiger partial charge >= 0.3 is 0 Å². The first-order chi connectivity index (χ1) is 6.83. The molecule has 0 aliphatic carbocycles. The number of nitrogens with one attached hydrogen (secondary N) is 1. The molecule has 0 unspecified atom stereocenters. The summed E-state index contributed by atoms with van der Waals surface area (Å²) in [6, 6.07) is 9.48. The van der Waals surface area contributed by atoms with Gasteiger partial charge in [-0.2, -0.15) is 0 Å². The van der Waals surface area contributed by atoms with Crippen LogP contribution in [-0.2, 0) is 21.1 Å². The van der Waals surface area contributed by atoms with Crippen molar-refractivity contribution in [2.24, 2.45) is 5.90 Å².